The van der Waals surface area contributed by atoms with Crippen molar-refractivity contribution >= 4 is 5.96 Å². The first kappa shape index (κ1) is 23.5. The number of ether oxygens (including phenoxy) is 2. The third-order valence-corrected chi connectivity index (χ3v) is 3.97. The molecule has 0 saturated heterocycles. The molecule has 2 rings (SSSR count). The largest absolute Gasteiger partial charge is 0.491 e. The van der Waals surface area contributed by atoms with Gasteiger partial charge in [0.05, 0.1) is 12.7 Å². The van der Waals surface area contributed by atoms with Crippen molar-refractivity contribution in [1.29, 1.82) is 0 Å². The maximum atomic E-state index is 12.1. The highest BCUT2D eigenvalue weighted by atomic mass is 19.4. The summed E-state index contributed by atoms with van der Waals surface area (Å²) in [6, 6.07) is 15.1. The smallest absolute Gasteiger partial charge is 0.411 e. The normalized spacial score (nSPS) is 12.2. The van der Waals surface area contributed by atoms with Crippen molar-refractivity contribution in [2.45, 2.75) is 45.8 Å². The van der Waals surface area contributed by atoms with Crippen molar-refractivity contribution in [3.63, 3.8) is 0 Å². The van der Waals surface area contributed by atoms with Crippen LogP contribution in [-0.2, 0) is 24.4 Å². The van der Waals surface area contributed by atoms with Crippen LogP contribution in [0.1, 0.15) is 30.5 Å². The predicted octanol–water partition coefficient (Wildman–Crippen LogP) is 4.42. The molecule has 30 heavy (non-hydrogen) atoms. The Morgan fingerprint density at radius 3 is 2.20 bits per heavy atom. The molecule has 164 valence electrons. The quantitative estimate of drug-likeness (QED) is 0.463. The molecule has 8 heteroatoms. The fourth-order valence-corrected chi connectivity index (χ4v) is 2.63. The van der Waals surface area contributed by atoms with Crippen LogP contribution in [0.15, 0.2) is 53.5 Å². The molecule has 2 aromatic carbocycles. The van der Waals surface area contributed by atoms with Crippen molar-refractivity contribution in [3.8, 4) is 5.75 Å². The number of hydrogen-bond donors (Lipinski definition) is 2. The Bertz CT molecular complexity index is 806. The molecule has 0 aliphatic rings. The van der Waals surface area contributed by atoms with E-state index < -0.39 is 12.8 Å². The van der Waals surface area contributed by atoms with Gasteiger partial charge in [0.15, 0.2) is 5.96 Å². The monoisotopic (exact) mass is 423 g/mol. The second kappa shape index (κ2) is 11.4. The van der Waals surface area contributed by atoms with Crippen LogP contribution in [0.25, 0.3) is 0 Å². The summed E-state index contributed by atoms with van der Waals surface area (Å²) in [7, 11) is 1.69. The minimum absolute atomic E-state index is 0.0734. The molecule has 0 amide bonds. The van der Waals surface area contributed by atoms with Crippen molar-refractivity contribution in [2.75, 3.05) is 13.7 Å². The van der Waals surface area contributed by atoms with Crippen LogP contribution in [0.2, 0.25) is 0 Å². The van der Waals surface area contributed by atoms with Gasteiger partial charge in [-0.25, -0.2) is 0 Å². The van der Waals surface area contributed by atoms with E-state index in [1.165, 1.54) is 0 Å². The average Bonchev–Trinajstić information content (AvgIpc) is 2.68. The summed E-state index contributed by atoms with van der Waals surface area (Å²) in [5.41, 5.74) is 2.73. The lowest BCUT2D eigenvalue weighted by Crippen LogP contribution is -2.36. The highest BCUT2D eigenvalue weighted by Gasteiger charge is 2.27. The summed E-state index contributed by atoms with van der Waals surface area (Å²) in [5, 5.41) is 6.46. The van der Waals surface area contributed by atoms with Crippen LogP contribution in [0.3, 0.4) is 0 Å². The van der Waals surface area contributed by atoms with Gasteiger partial charge >= 0.3 is 6.18 Å². The minimum Gasteiger partial charge on any atom is -0.491 e. The first-order valence-corrected chi connectivity index (χ1v) is 9.67. The summed E-state index contributed by atoms with van der Waals surface area (Å²) < 4.78 is 46.7. The molecule has 0 aliphatic heterocycles. The summed E-state index contributed by atoms with van der Waals surface area (Å²) in [6.07, 6.45) is -4.19. The third-order valence-electron chi connectivity index (χ3n) is 3.97. The summed E-state index contributed by atoms with van der Waals surface area (Å²) in [5.74, 6) is 1.47. The van der Waals surface area contributed by atoms with E-state index in [-0.39, 0.29) is 12.7 Å². The third kappa shape index (κ3) is 9.17. The summed E-state index contributed by atoms with van der Waals surface area (Å²) >= 11 is 0. The molecule has 0 fully saturated rings. The Morgan fingerprint density at radius 2 is 1.60 bits per heavy atom. The first-order chi connectivity index (χ1) is 14.2. The highest BCUT2D eigenvalue weighted by molar-refractivity contribution is 5.79. The number of nitrogens with zero attached hydrogens (tertiary/aromatic N) is 1. The molecule has 0 atom stereocenters. The zero-order chi connectivity index (χ0) is 22.0. The van der Waals surface area contributed by atoms with Gasteiger partial charge in [-0.3, -0.25) is 4.99 Å². The molecular weight excluding hydrogens is 395 g/mol. The van der Waals surface area contributed by atoms with Crippen LogP contribution >= 0.6 is 0 Å². The lowest BCUT2D eigenvalue weighted by molar-refractivity contribution is -0.176. The van der Waals surface area contributed by atoms with Crippen LogP contribution in [0.5, 0.6) is 5.75 Å². The fraction of sp³-hybridized carbons (Fsp3) is 0.409. The van der Waals surface area contributed by atoms with Gasteiger partial charge in [0, 0.05) is 20.1 Å². The zero-order valence-electron chi connectivity index (χ0n) is 17.4. The number of alkyl halides is 3. The first-order valence-electron chi connectivity index (χ1n) is 9.67. The van der Waals surface area contributed by atoms with Gasteiger partial charge in [0.25, 0.3) is 0 Å². The van der Waals surface area contributed by atoms with Gasteiger partial charge in [0.1, 0.15) is 12.4 Å². The van der Waals surface area contributed by atoms with Crippen LogP contribution in [0, 0.1) is 0 Å². The lowest BCUT2D eigenvalue weighted by Gasteiger charge is -2.14. The summed E-state index contributed by atoms with van der Waals surface area (Å²) in [6.45, 7) is 3.77. The number of aliphatic imine (C=N–C) groups is 1. The molecule has 0 aliphatic carbocycles. The van der Waals surface area contributed by atoms with E-state index in [2.05, 4.69) is 20.4 Å². The number of halogens is 3. The maximum absolute atomic E-state index is 12.1. The van der Waals surface area contributed by atoms with Gasteiger partial charge in [-0.05, 0) is 42.7 Å². The van der Waals surface area contributed by atoms with Gasteiger partial charge in [-0.15, -0.1) is 0 Å². The van der Waals surface area contributed by atoms with E-state index in [4.69, 9.17) is 4.74 Å². The Hall–Kier alpha value is -2.74. The topological polar surface area (TPSA) is 54.9 Å². The van der Waals surface area contributed by atoms with Crippen LogP contribution in [0.4, 0.5) is 13.2 Å². The van der Waals surface area contributed by atoms with E-state index in [1.54, 1.807) is 19.2 Å². The molecule has 0 radical (unpaired) electrons. The second-order valence-electron chi connectivity index (χ2n) is 7.02. The van der Waals surface area contributed by atoms with E-state index in [9.17, 15) is 13.2 Å². The molecule has 0 aromatic heterocycles. The molecule has 0 spiro atoms. The Morgan fingerprint density at radius 1 is 0.967 bits per heavy atom. The van der Waals surface area contributed by atoms with Crippen molar-refractivity contribution < 1.29 is 22.6 Å². The number of guanidine groups is 1. The molecule has 2 N–H and O–H groups in total. The number of rotatable bonds is 9. The summed E-state index contributed by atoms with van der Waals surface area (Å²) in [4.78, 5) is 4.21. The van der Waals surface area contributed by atoms with Crippen molar-refractivity contribution in [3.05, 3.63) is 65.2 Å². The van der Waals surface area contributed by atoms with Gasteiger partial charge in [-0.2, -0.15) is 13.2 Å². The SMILES string of the molecule is CN=C(NCc1ccc(COCC(F)(F)F)cc1)NCc1cccc(OC(C)C)c1. The van der Waals surface area contributed by atoms with Gasteiger partial charge in [0.2, 0.25) is 0 Å². The minimum atomic E-state index is -4.31. The van der Waals surface area contributed by atoms with Crippen LogP contribution < -0.4 is 15.4 Å². The van der Waals surface area contributed by atoms with Crippen molar-refractivity contribution in [1.82, 2.24) is 10.6 Å². The number of nitrogens with one attached hydrogen (secondary N) is 2. The number of hydrogen-bond acceptors (Lipinski definition) is 3. The van der Waals surface area contributed by atoms with Gasteiger partial charge < -0.3 is 20.1 Å². The highest BCUT2D eigenvalue weighted by Crippen LogP contribution is 2.16. The number of benzene rings is 2. The van der Waals surface area contributed by atoms with E-state index in [1.807, 2.05) is 50.2 Å². The molecule has 0 saturated carbocycles. The van der Waals surface area contributed by atoms with E-state index in [0.717, 1.165) is 16.9 Å². The predicted molar refractivity (Wildman–Crippen MR) is 111 cm³/mol. The van der Waals surface area contributed by atoms with E-state index >= 15 is 0 Å². The van der Waals surface area contributed by atoms with Gasteiger partial charge in [-0.1, -0.05) is 36.4 Å². The second-order valence-corrected chi connectivity index (χ2v) is 7.02. The Kier molecular flexibility index (Phi) is 8.98. The molecule has 0 unspecified atom stereocenters. The lowest BCUT2D eigenvalue weighted by atomic mass is 10.1. The molecule has 0 bridgehead atoms. The molecular formula is C22H28F3N3O2. The fourth-order valence-electron chi connectivity index (χ4n) is 2.63. The molecule has 0 heterocycles. The average molecular weight is 423 g/mol. The Balaban J connectivity index is 1.79. The standard InChI is InChI=1S/C22H28F3N3O2/c1-16(2)30-20-6-4-5-19(11-20)13-28-21(26-3)27-12-17-7-9-18(10-8-17)14-29-15-22(23,24)25/h4-11,16H,12-15H2,1-3H3,(H2,26,27,28). The zero-order valence-corrected chi connectivity index (χ0v) is 17.4. The van der Waals surface area contributed by atoms with Crippen LogP contribution in [-0.4, -0.2) is 31.9 Å². The Labute approximate surface area is 175 Å². The van der Waals surface area contributed by atoms with E-state index in [0.29, 0.717) is 24.6 Å². The maximum Gasteiger partial charge on any atom is 0.411 e. The molecule has 2 aromatic rings. The molecule has 5 nitrogen and oxygen atoms in total. The van der Waals surface area contributed by atoms with Crippen molar-refractivity contribution in [2.24, 2.45) is 4.99 Å².